The second kappa shape index (κ2) is 14.6. The number of thiol groups is 1. The Morgan fingerprint density at radius 3 is 2.32 bits per heavy atom. The van der Waals surface area contributed by atoms with Crippen molar-refractivity contribution in [1.82, 2.24) is 10.2 Å². The first-order valence-corrected chi connectivity index (χ1v) is 10.3. The predicted octanol–water partition coefficient (Wildman–Crippen LogP) is 0.548. The Morgan fingerprint density at radius 2 is 1.79 bits per heavy atom. The first-order valence-electron chi connectivity index (χ1n) is 9.63. The highest BCUT2D eigenvalue weighted by atomic mass is 32.1. The quantitative estimate of drug-likeness (QED) is 0.273. The maximum atomic E-state index is 11.7. The summed E-state index contributed by atoms with van der Waals surface area (Å²) in [5, 5.41) is 10.7. The van der Waals surface area contributed by atoms with Crippen molar-refractivity contribution in [2.45, 2.75) is 38.1 Å². The molecule has 2 rings (SSSR count). The average molecular weight is 417 g/mol. The standard InChI is InChI=1S/C17H26N2O5.C2H6OS/c1-23-10-11-24-9-8-15(20)18-12-13-2-4-14(5-3-13)19-16(21)6-7-17(19)22;3-1-2-4/h6-7,13-14H,2-5,8-12H2,1H3,(H,18,20);3-4H,1-2H2. The number of ether oxygens (including phenoxy) is 2. The number of aliphatic hydroxyl groups excluding tert-OH is 1. The van der Waals surface area contributed by atoms with E-state index in [2.05, 4.69) is 17.9 Å². The van der Waals surface area contributed by atoms with Crippen LogP contribution in [0.15, 0.2) is 12.2 Å². The number of amides is 3. The predicted molar refractivity (Wildman–Crippen MR) is 108 cm³/mol. The second-order valence-electron chi connectivity index (χ2n) is 6.66. The van der Waals surface area contributed by atoms with Crippen molar-refractivity contribution in [1.29, 1.82) is 0 Å². The van der Waals surface area contributed by atoms with E-state index >= 15 is 0 Å². The Bertz CT molecular complexity index is 501. The second-order valence-corrected chi connectivity index (χ2v) is 7.11. The van der Waals surface area contributed by atoms with Crippen molar-refractivity contribution in [2.75, 3.05) is 45.8 Å². The van der Waals surface area contributed by atoms with Crippen LogP contribution in [-0.4, -0.2) is 79.6 Å². The number of nitrogens with one attached hydrogen (secondary N) is 1. The zero-order valence-electron chi connectivity index (χ0n) is 16.5. The van der Waals surface area contributed by atoms with Crippen molar-refractivity contribution < 1.29 is 29.0 Å². The molecule has 0 unspecified atom stereocenters. The lowest BCUT2D eigenvalue weighted by Gasteiger charge is -2.33. The molecule has 1 aliphatic carbocycles. The van der Waals surface area contributed by atoms with Gasteiger partial charge in [-0.05, 0) is 31.6 Å². The van der Waals surface area contributed by atoms with Gasteiger partial charge in [0.1, 0.15) is 0 Å². The van der Waals surface area contributed by atoms with Crippen LogP contribution in [0.1, 0.15) is 32.1 Å². The van der Waals surface area contributed by atoms with E-state index in [1.54, 1.807) is 7.11 Å². The van der Waals surface area contributed by atoms with Crippen molar-refractivity contribution in [3.63, 3.8) is 0 Å². The van der Waals surface area contributed by atoms with Crippen LogP contribution in [0.5, 0.6) is 0 Å². The van der Waals surface area contributed by atoms with Gasteiger partial charge in [-0.1, -0.05) is 0 Å². The minimum absolute atomic E-state index is 0.00105. The highest BCUT2D eigenvalue weighted by Crippen LogP contribution is 2.28. The molecule has 0 aromatic rings. The van der Waals surface area contributed by atoms with Crippen LogP contribution in [0.2, 0.25) is 0 Å². The number of rotatable bonds is 10. The van der Waals surface area contributed by atoms with Gasteiger partial charge in [0.05, 0.1) is 26.4 Å². The van der Waals surface area contributed by atoms with Crippen LogP contribution in [0, 0.1) is 5.92 Å². The van der Waals surface area contributed by atoms with Gasteiger partial charge in [0.2, 0.25) is 5.91 Å². The van der Waals surface area contributed by atoms with Gasteiger partial charge in [-0.15, -0.1) is 0 Å². The maximum Gasteiger partial charge on any atom is 0.253 e. The lowest BCUT2D eigenvalue weighted by Crippen LogP contribution is -2.43. The lowest BCUT2D eigenvalue weighted by molar-refractivity contribution is -0.140. The third-order valence-electron chi connectivity index (χ3n) is 4.62. The number of nitrogens with zero attached hydrogens (tertiary/aromatic N) is 1. The van der Waals surface area contributed by atoms with Gasteiger partial charge in [-0.2, -0.15) is 12.6 Å². The van der Waals surface area contributed by atoms with Gasteiger partial charge in [0.25, 0.3) is 11.8 Å². The number of imide groups is 1. The van der Waals surface area contributed by atoms with Crippen LogP contribution in [0.4, 0.5) is 0 Å². The van der Waals surface area contributed by atoms with Gasteiger partial charge >= 0.3 is 0 Å². The fourth-order valence-corrected chi connectivity index (χ4v) is 3.13. The number of methoxy groups -OCH3 is 1. The Balaban J connectivity index is 0.000000892. The van der Waals surface area contributed by atoms with E-state index in [-0.39, 0.29) is 30.4 Å². The molecule has 9 heteroatoms. The SMILES string of the molecule is COCCOCCC(=O)NCC1CCC(N2C(=O)C=CC2=O)CC1.OCCS. The molecule has 8 nitrogen and oxygen atoms in total. The van der Waals surface area contributed by atoms with Crippen molar-refractivity contribution >= 4 is 30.4 Å². The van der Waals surface area contributed by atoms with Gasteiger partial charge in [-0.3, -0.25) is 19.3 Å². The third-order valence-corrected chi connectivity index (χ3v) is 4.82. The Hall–Kier alpha value is -1.42. The van der Waals surface area contributed by atoms with Crippen LogP contribution in [0.3, 0.4) is 0 Å². The van der Waals surface area contributed by atoms with Gasteiger partial charge in [0.15, 0.2) is 0 Å². The molecular formula is C19H32N2O6S. The Labute approximate surface area is 172 Å². The van der Waals surface area contributed by atoms with Crippen LogP contribution in [-0.2, 0) is 23.9 Å². The van der Waals surface area contributed by atoms with Crippen molar-refractivity contribution in [3.05, 3.63) is 12.2 Å². The topological polar surface area (TPSA) is 105 Å². The van der Waals surface area contributed by atoms with E-state index in [1.165, 1.54) is 17.1 Å². The molecule has 28 heavy (non-hydrogen) atoms. The zero-order valence-corrected chi connectivity index (χ0v) is 17.4. The normalized spacial score (nSPS) is 21.5. The van der Waals surface area contributed by atoms with Gasteiger partial charge < -0.3 is 19.9 Å². The highest BCUT2D eigenvalue weighted by molar-refractivity contribution is 7.80. The van der Waals surface area contributed by atoms with Crippen LogP contribution in [0.25, 0.3) is 0 Å². The molecule has 2 N–H and O–H groups in total. The monoisotopic (exact) mass is 416 g/mol. The molecule has 3 amide bonds. The van der Waals surface area contributed by atoms with Crippen LogP contribution < -0.4 is 5.32 Å². The van der Waals surface area contributed by atoms with E-state index in [9.17, 15) is 14.4 Å². The minimum atomic E-state index is -0.203. The summed E-state index contributed by atoms with van der Waals surface area (Å²) >= 11 is 3.67. The summed E-state index contributed by atoms with van der Waals surface area (Å²) in [6.07, 6.45) is 6.45. The molecule has 0 saturated heterocycles. The van der Waals surface area contributed by atoms with Gasteiger partial charge in [0, 0.05) is 44.0 Å². The summed E-state index contributed by atoms with van der Waals surface area (Å²) in [7, 11) is 1.61. The smallest absolute Gasteiger partial charge is 0.253 e. The molecule has 0 atom stereocenters. The summed E-state index contributed by atoms with van der Waals surface area (Å²) < 4.78 is 10.1. The molecule has 1 heterocycles. The van der Waals surface area contributed by atoms with E-state index in [0.29, 0.717) is 44.5 Å². The molecule has 1 saturated carbocycles. The molecule has 0 aromatic carbocycles. The number of hydrogen-bond donors (Lipinski definition) is 3. The van der Waals surface area contributed by atoms with Crippen LogP contribution >= 0.6 is 12.6 Å². The maximum absolute atomic E-state index is 11.7. The van der Waals surface area contributed by atoms with Gasteiger partial charge in [-0.25, -0.2) is 0 Å². The molecule has 0 bridgehead atoms. The molecule has 1 fully saturated rings. The first-order chi connectivity index (χ1) is 13.5. The van der Waals surface area contributed by atoms with Crippen molar-refractivity contribution in [2.24, 2.45) is 5.92 Å². The summed E-state index contributed by atoms with van der Waals surface area (Å²) in [6.45, 7) is 2.25. The zero-order chi connectivity index (χ0) is 20.8. The summed E-state index contributed by atoms with van der Waals surface area (Å²) in [4.78, 5) is 36.5. The fraction of sp³-hybridized carbons (Fsp3) is 0.737. The van der Waals surface area contributed by atoms with E-state index in [4.69, 9.17) is 14.6 Å². The number of carbonyl (C=O) groups is 3. The molecular weight excluding hydrogens is 384 g/mol. The Morgan fingerprint density at radius 1 is 1.18 bits per heavy atom. The van der Waals surface area contributed by atoms with E-state index < -0.39 is 0 Å². The summed E-state index contributed by atoms with van der Waals surface area (Å²) in [6, 6.07) is 0.00105. The Kier molecular flexibility index (Phi) is 12.8. The third kappa shape index (κ3) is 9.18. The first kappa shape index (κ1) is 24.6. The molecule has 160 valence electrons. The molecule has 0 radical (unpaired) electrons. The van der Waals surface area contributed by atoms with E-state index in [1.807, 2.05) is 0 Å². The molecule has 2 aliphatic rings. The summed E-state index contributed by atoms with van der Waals surface area (Å²) in [5.41, 5.74) is 0. The highest BCUT2D eigenvalue weighted by Gasteiger charge is 2.33. The molecule has 0 spiro atoms. The molecule has 0 aromatic heterocycles. The number of hydrogen-bond acceptors (Lipinski definition) is 7. The minimum Gasteiger partial charge on any atom is -0.396 e. The fourth-order valence-electron chi connectivity index (χ4n) is 3.13. The molecule has 1 aliphatic heterocycles. The van der Waals surface area contributed by atoms with E-state index in [0.717, 1.165) is 25.7 Å². The van der Waals surface area contributed by atoms with Crippen molar-refractivity contribution in [3.8, 4) is 0 Å². The summed E-state index contributed by atoms with van der Waals surface area (Å²) in [5.74, 6) is 0.555. The largest absolute Gasteiger partial charge is 0.396 e. The lowest BCUT2D eigenvalue weighted by atomic mass is 9.85. The number of aliphatic hydroxyl groups is 1. The number of carbonyl (C=O) groups excluding carboxylic acids is 3. The average Bonchev–Trinajstić information content (AvgIpc) is 3.05.